The highest BCUT2D eigenvalue weighted by Gasteiger charge is 2.24. The molecule has 0 saturated carbocycles. The quantitative estimate of drug-likeness (QED) is 0.159. The van der Waals surface area contributed by atoms with Crippen LogP contribution in [0.15, 0.2) is 24.3 Å². The Bertz CT molecular complexity index is 978. The summed E-state index contributed by atoms with van der Waals surface area (Å²) in [7, 11) is 0. The Morgan fingerprint density at radius 1 is 0.641 bits per heavy atom. The first-order valence-corrected chi connectivity index (χ1v) is 14.5. The topological polar surface area (TPSA) is 102 Å². The molecule has 0 radical (unpaired) electrons. The molecule has 2 N–H and O–H groups in total. The number of unbranched alkanes of at least 4 members (excludes halogenated alkanes) is 6. The summed E-state index contributed by atoms with van der Waals surface area (Å²) in [6.07, 6.45) is 5.79. The summed E-state index contributed by atoms with van der Waals surface area (Å²) < 4.78 is 17.1. The molecule has 7 nitrogen and oxygen atoms in total. The molecule has 0 bridgehead atoms. The Morgan fingerprint density at radius 3 is 1.26 bits per heavy atom. The molecule has 0 saturated heterocycles. The van der Waals surface area contributed by atoms with Crippen molar-refractivity contribution in [3.8, 4) is 23.0 Å². The van der Waals surface area contributed by atoms with E-state index in [0.717, 1.165) is 38.5 Å². The molecule has 11 heteroatoms. The van der Waals surface area contributed by atoms with Crippen molar-refractivity contribution in [2.45, 2.75) is 90.3 Å². The van der Waals surface area contributed by atoms with Crippen LogP contribution in [0.5, 0.6) is 23.0 Å². The lowest BCUT2D eigenvalue weighted by Crippen LogP contribution is -2.27. The maximum atomic E-state index is 11.7. The lowest BCUT2D eigenvalue weighted by molar-refractivity contribution is -0.146. The highest BCUT2D eigenvalue weighted by Crippen LogP contribution is 2.42. The minimum Gasteiger partial charge on any atom is -0.479 e. The molecule has 0 amide bonds. The monoisotopic (exact) mass is 622 g/mol. The second-order valence-electron chi connectivity index (χ2n) is 9.12. The fourth-order valence-electron chi connectivity index (χ4n) is 3.82. The van der Waals surface area contributed by atoms with E-state index in [4.69, 9.17) is 60.6 Å². The summed E-state index contributed by atoms with van der Waals surface area (Å²) in [5.74, 6) is -1.65. The van der Waals surface area contributed by atoms with Crippen LogP contribution in [0, 0.1) is 0 Å². The number of aliphatic carboxylic acids is 2. The van der Waals surface area contributed by atoms with Crippen molar-refractivity contribution >= 4 is 58.3 Å². The van der Waals surface area contributed by atoms with Crippen LogP contribution in [0.4, 0.5) is 0 Å². The van der Waals surface area contributed by atoms with E-state index in [2.05, 4.69) is 13.8 Å². The number of hydrogen-bond donors (Lipinski definition) is 2. The molecule has 2 unspecified atom stereocenters. The van der Waals surface area contributed by atoms with Gasteiger partial charge >= 0.3 is 11.9 Å². The lowest BCUT2D eigenvalue weighted by atomic mass is 10.1. The summed E-state index contributed by atoms with van der Waals surface area (Å²) in [6, 6.07) is 5.73. The average molecular weight is 624 g/mol. The molecule has 2 rings (SSSR count). The van der Waals surface area contributed by atoms with E-state index in [1.165, 1.54) is 24.3 Å². The van der Waals surface area contributed by atoms with E-state index in [9.17, 15) is 19.8 Å². The third-order valence-corrected chi connectivity index (χ3v) is 7.01. The largest absolute Gasteiger partial charge is 0.479 e. The second kappa shape index (κ2) is 16.9. The van der Waals surface area contributed by atoms with Gasteiger partial charge in [0.05, 0.1) is 20.1 Å². The van der Waals surface area contributed by atoms with Crippen molar-refractivity contribution in [1.82, 2.24) is 0 Å². The van der Waals surface area contributed by atoms with Gasteiger partial charge in [0.15, 0.2) is 23.7 Å². The molecule has 2 aromatic rings. The third-order valence-electron chi connectivity index (χ3n) is 5.89. The van der Waals surface area contributed by atoms with Gasteiger partial charge in [-0.25, -0.2) is 9.59 Å². The Kier molecular flexibility index (Phi) is 14.4. The van der Waals surface area contributed by atoms with Gasteiger partial charge < -0.3 is 24.4 Å². The fraction of sp³-hybridized carbons (Fsp3) is 0.500. The Labute approximate surface area is 249 Å². The van der Waals surface area contributed by atoms with Crippen molar-refractivity contribution in [3.63, 3.8) is 0 Å². The van der Waals surface area contributed by atoms with Gasteiger partial charge in [-0.2, -0.15) is 0 Å². The average Bonchev–Trinajstić information content (AvgIpc) is 2.85. The van der Waals surface area contributed by atoms with Gasteiger partial charge in [-0.15, -0.1) is 0 Å². The number of hydrogen-bond acceptors (Lipinski definition) is 5. The minimum atomic E-state index is -1.10. The van der Waals surface area contributed by atoms with Gasteiger partial charge in [-0.1, -0.05) is 98.8 Å². The summed E-state index contributed by atoms with van der Waals surface area (Å²) in [6.45, 7) is 4.15. The Morgan fingerprint density at radius 2 is 0.974 bits per heavy atom. The second-order valence-corrected chi connectivity index (χ2v) is 10.8. The van der Waals surface area contributed by atoms with Crippen LogP contribution in [0.3, 0.4) is 0 Å². The first kappa shape index (κ1) is 33.1. The van der Waals surface area contributed by atoms with Gasteiger partial charge in [-0.3, -0.25) is 0 Å². The van der Waals surface area contributed by atoms with Crippen molar-refractivity contribution < 1.29 is 34.0 Å². The van der Waals surface area contributed by atoms with E-state index in [1.54, 1.807) is 0 Å². The van der Waals surface area contributed by atoms with Crippen molar-refractivity contribution in [1.29, 1.82) is 0 Å². The van der Waals surface area contributed by atoms with Crippen LogP contribution in [-0.2, 0) is 9.59 Å². The standard InChI is InChI=1S/C28H34Cl4O7/c1-3-5-7-9-11-23(27(33)34)38-25-19(29)13-17(14-20(25)30)37-18-15-21(31)26(22(32)16-18)39-24(28(35)36)12-10-8-6-4-2/h13-16,23-24H,3-12H2,1-2H3,(H,33,34)(H,35,36). The number of halogens is 4. The fourth-order valence-corrected chi connectivity index (χ4v) is 4.93. The molecule has 0 aliphatic rings. The molecule has 0 aromatic heterocycles. The van der Waals surface area contributed by atoms with Crippen LogP contribution in [0.25, 0.3) is 0 Å². The molecular weight excluding hydrogens is 590 g/mol. The highest BCUT2D eigenvalue weighted by molar-refractivity contribution is 6.38. The minimum absolute atomic E-state index is 0.0482. The van der Waals surface area contributed by atoms with Crippen LogP contribution < -0.4 is 14.2 Å². The summed E-state index contributed by atoms with van der Waals surface area (Å²) in [4.78, 5) is 23.3. The van der Waals surface area contributed by atoms with Crippen molar-refractivity contribution in [2.24, 2.45) is 0 Å². The number of rotatable bonds is 18. The van der Waals surface area contributed by atoms with Crippen LogP contribution in [-0.4, -0.2) is 34.4 Å². The normalized spacial score (nSPS) is 12.6. The van der Waals surface area contributed by atoms with Gasteiger partial charge in [0.1, 0.15) is 11.5 Å². The molecule has 0 aliphatic heterocycles. The van der Waals surface area contributed by atoms with E-state index in [-0.39, 0.29) is 43.1 Å². The van der Waals surface area contributed by atoms with E-state index in [1.807, 2.05) is 0 Å². The SMILES string of the molecule is CCCCCCC(Oc1c(Cl)cc(Oc2cc(Cl)c(OC(CCCCCC)C(=O)O)c(Cl)c2)cc1Cl)C(=O)O. The van der Waals surface area contributed by atoms with Crippen molar-refractivity contribution in [2.75, 3.05) is 0 Å². The van der Waals surface area contributed by atoms with Gasteiger partial charge in [0.2, 0.25) is 0 Å². The molecule has 0 fully saturated rings. The summed E-state index contributed by atoms with van der Waals surface area (Å²) >= 11 is 25.4. The van der Waals surface area contributed by atoms with E-state index in [0.29, 0.717) is 25.7 Å². The molecule has 0 spiro atoms. The molecule has 0 heterocycles. The molecule has 39 heavy (non-hydrogen) atoms. The zero-order valence-electron chi connectivity index (χ0n) is 22.0. The van der Waals surface area contributed by atoms with E-state index >= 15 is 0 Å². The third kappa shape index (κ3) is 10.8. The van der Waals surface area contributed by atoms with Gasteiger partial charge in [0.25, 0.3) is 0 Å². The van der Waals surface area contributed by atoms with Gasteiger partial charge in [-0.05, 0) is 25.7 Å². The Balaban J connectivity index is 2.14. The molecule has 2 aromatic carbocycles. The highest BCUT2D eigenvalue weighted by atomic mass is 35.5. The smallest absolute Gasteiger partial charge is 0.344 e. The molecule has 2 atom stereocenters. The van der Waals surface area contributed by atoms with Crippen LogP contribution in [0.2, 0.25) is 20.1 Å². The predicted molar refractivity (Wildman–Crippen MR) is 155 cm³/mol. The lowest BCUT2D eigenvalue weighted by Gasteiger charge is -2.19. The first-order chi connectivity index (χ1) is 18.6. The first-order valence-electron chi connectivity index (χ1n) is 13.0. The van der Waals surface area contributed by atoms with Crippen LogP contribution in [0.1, 0.15) is 78.1 Å². The number of ether oxygens (including phenoxy) is 3. The number of carboxylic acid groups (broad SMARTS) is 2. The number of carbonyl (C=O) groups is 2. The van der Waals surface area contributed by atoms with E-state index < -0.39 is 24.1 Å². The maximum absolute atomic E-state index is 11.7. The molecule has 0 aliphatic carbocycles. The molecule has 216 valence electrons. The van der Waals surface area contributed by atoms with Crippen molar-refractivity contribution in [3.05, 3.63) is 44.4 Å². The number of carboxylic acids is 2. The zero-order valence-corrected chi connectivity index (χ0v) is 25.0. The summed E-state index contributed by atoms with van der Waals surface area (Å²) in [5.41, 5.74) is 0. The van der Waals surface area contributed by atoms with Gasteiger partial charge in [0, 0.05) is 24.3 Å². The predicted octanol–water partition coefficient (Wildman–Crippen LogP) is 9.70. The summed E-state index contributed by atoms with van der Waals surface area (Å²) in [5, 5.41) is 19.4. The zero-order chi connectivity index (χ0) is 28.9. The number of benzene rings is 2. The maximum Gasteiger partial charge on any atom is 0.344 e. The molecular formula is C28H34Cl4O7. The van der Waals surface area contributed by atoms with Crippen LogP contribution >= 0.6 is 46.4 Å². The Hall–Kier alpha value is -2.06.